The second-order valence-corrected chi connectivity index (χ2v) is 7.50. The predicted octanol–water partition coefficient (Wildman–Crippen LogP) is 3.16. The highest BCUT2D eigenvalue weighted by Crippen LogP contribution is 2.22. The summed E-state index contributed by atoms with van der Waals surface area (Å²) in [6.07, 6.45) is 4.51. The van der Waals surface area contributed by atoms with Gasteiger partial charge in [0.1, 0.15) is 5.03 Å². The Bertz CT molecular complexity index is 728. The van der Waals surface area contributed by atoms with Crippen LogP contribution in [-0.2, 0) is 4.79 Å². The average molecular weight is 359 g/mol. The van der Waals surface area contributed by atoms with Gasteiger partial charge in [0, 0.05) is 18.3 Å². The number of aryl methyl sites for hydroxylation is 2. The molecule has 0 aliphatic carbocycles. The van der Waals surface area contributed by atoms with Gasteiger partial charge in [-0.3, -0.25) is 4.79 Å². The van der Waals surface area contributed by atoms with E-state index in [1.807, 2.05) is 36.9 Å². The largest absolute Gasteiger partial charge is 0.339 e. The van der Waals surface area contributed by atoms with E-state index in [0.29, 0.717) is 17.6 Å². The van der Waals surface area contributed by atoms with Crippen LogP contribution in [0.15, 0.2) is 23.2 Å². The fraction of sp³-hybridized carbons (Fsp3) is 0.556. The summed E-state index contributed by atoms with van der Waals surface area (Å²) in [6.45, 7) is 7.00. The van der Waals surface area contributed by atoms with Crippen LogP contribution in [0.4, 0.5) is 0 Å². The monoisotopic (exact) mass is 359 g/mol. The first kappa shape index (κ1) is 17.9. The molecule has 1 aliphatic rings. The molecule has 3 heterocycles. The number of likely N-dealkylation sites (tertiary alicyclic amines) is 1. The topological polar surface area (TPSA) is 63.9 Å². The first-order valence-electron chi connectivity index (χ1n) is 8.88. The molecule has 7 heteroatoms. The van der Waals surface area contributed by atoms with Gasteiger partial charge in [-0.1, -0.05) is 18.7 Å². The minimum atomic E-state index is 0.209. The van der Waals surface area contributed by atoms with Crippen molar-refractivity contribution < 1.29 is 4.79 Å². The van der Waals surface area contributed by atoms with Gasteiger partial charge in [0.05, 0.1) is 11.4 Å². The Morgan fingerprint density at radius 1 is 1.28 bits per heavy atom. The third kappa shape index (κ3) is 4.21. The second-order valence-electron chi connectivity index (χ2n) is 6.50. The number of piperidine rings is 1. The molecule has 0 radical (unpaired) electrons. The fourth-order valence-electron chi connectivity index (χ4n) is 3.34. The van der Waals surface area contributed by atoms with Gasteiger partial charge in [-0.15, -0.1) is 10.2 Å². The third-order valence-corrected chi connectivity index (χ3v) is 5.52. The van der Waals surface area contributed by atoms with Crippen molar-refractivity contribution in [1.29, 1.82) is 0 Å². The van der Waals surface area contributed by atoms with Crippen LogP contribution in [0.25, 0.3) is 5.82 Å². The van der Waals surface area contributed by atoms with E-state index in [4.69, 9.17) is 0 Å². The summed E-state index contributed by atoms with van der Waals surface area (Å²) >= 11 is 1.45. The number of hydrogen-bond donors (Lipinski definition) is 0. The molecule has 2 aromatic rings. The molecule has 0 spiro atoms. The van der Waals surface area contributed by atoms with Crippen LogP contribution in [0.1, 0.15) is 44.0 Å². The summed E-state index contributed by atoms with van der Waals surface area (Å²) in [5.74, 6) is 1.33. The molecule has 2 aromatic heterocycles. The van der Waals surface area contributed by atoms with Gasteiger partial charge < -0.3 is 4.90 Å². The molecule has 0 aromatic carbocycles. The lowest BCUT2D eigenvalue weighted by molar-refractivity contribution is -0.132. The molecular weight excluding hydrogens is 334 g/mol. The summed E-state index contributed by atoms with van der Waals surface area (Å²) in [5, 5.41) is 13.7. The zero-order chi connectivity index (χ0) is 17.8. The van der Waals surface area contributed by atoms with Crippen molar-refractivity contribution >= 4 is 17.7 Å². The maximum absolute atomic E-state index is 12.5. The minimum Gasteiger partial charge on any atom is -0.339 e. The molecule has 0 bridgehead atoms. The Hall–Kier alpha value is -1.89. The quantitative estimate of drug-likeness (QED) is 0.767. The van der Waals surface area contributed by atoms with Gasteiger partial charge in [-0.2, -0.15) is 5.10 Å². The van der Waals surface area contributed by atoms with E-state index in [9.17, 15) is 4.79 Å². The van der Waals surface area contributed by atoms with E-state index in [2.05, 4.69) is 22.2 Å². The maximum atomic E-state index is 12.5. The molecule has 0 N–H and O–H groups in total. The SMILES string of the molecule is CC[C@H]1CCCCN1C(=O)CSc1ccc(-n2nc(C)cc2C)nn1. The van der Waals surface area contributed by atoms with Crippen molar-refractivity contribution in [3.63, 3.8) is 0 Å². The summed E-state index contributed by atoms with van der Waals surface area (Å²) in [4.78, 5) is 14.6. The van der Waals surface area contributed by atoms with Gasteiger partial charge in [-0.25, -0.2) is 4.68 Å². The molecule has 1 atom stereocenters. The van der Waals surface area contributed by atoms with Crippen LogP contribution < -0.4 is 0 Å². The number of rotatable bonds is 5. The van der Waals surface area contributed by atoms with Crippen molar-refractivity contribution in [2.45, 2.75) is 57.5 Å². The Morgan fingerprint density at radius 2 is 2.12 bits per heavy atom. The van der Waals surface area contributed by atoms with Crippen LogP contribution >= 0.6 is 11.8 Å². The predicted molar refractivity (Wildman–Crippen MR) is 99.0 cm³/mol. The van der Waals surface area contributed by atoms with E-state index >= 15 is 0 Å². The normalized spacial score (nSPS) is 17.7. The van der Waals surface area contributed by atoms with Crippen LogP contribution in [-0.4, -0.2) is 49.1 Å². The van der Waals surface area contributed by atoms with Crippen molar-refractivity contribution in [3.8, 4) is 5.82 Å². The molecule has 25 heavy (non-hydrogen) atoms. The average Bonchev–Trinajstić information content (AvgIpc) is 2.98. The number of thioether (sulfide) groups is 1. The van der Waals surface area contributed by atoms with E-state index < -0.39 is 0 Å². The van der Waals surface area contributed by atoms with Gasteiger partial charge in [0.2, 0.25) is 5.91 Å². The minimum absolute atomic E-state index is 0.209. The van der Waals surface area contributed by atoms with Gasteiger partial charge in [0.15, 0.2) is 5.82 Å². The van der Waals surface area contributed by atoms with Crippen LogP contribution in [0.3, 0.4) is 0 Å². The number of carbonyl (C=O) groups is 1. The Kier molecular flexibility index (Phi) is 5.73. The first-order chi connectivity index (χ1) is 12.1. The maximum Gasteiger partial charge on any atom is 0.233 e. The second kappa shape index (κ2) is 7.99. The number of amides is 1. The molecule has 6 nitrogen and oxygen atoms in total. The highest BCUT2D eigenvalue weighted by molar-refractivity contribution is 7.99. The highest BCUT2D eigenvalue weighted by Gasteiger charge is 2.25. The zero-order valence-electron chi connectivity index (χ0n) is 15.1. The standard InChI is InChI=1S/C18H25N5OS/c1-4-15-7-5-6-10-22(15)18(24)12-25-17-9-8-16(19-20-17)23-14(3)11-13(2)21-23/h8-9,11,15H,4-7,10,12H2,1-3H3/t15-/m0/s1. The molecule has 1 saturated heterocycles. The van der Waals surface area contributed by atoms with E-state index in [-0.39, 0.29) is 5.91 Å². The highest BCUT2D eigenvalue weighted by atomic mass is 32.2. The van der Waals surface area contributed by atoms with Crippen molar-refractivity contribution in [2.75, 3.05) is 12.3 Å². The van der Waals surface area contributed by atoms with Crippen molar-refractivity contribution in [3.05, 3.63) is 29.6 Å². The number of aromatic nitrogens is 4. The lowest BCUT2D eigenvalue weighted by Gasteiger charge is -2.35. The molecule has 0 saturated carbocycles. The van der Waals surface area contributed by atoms with Crippen molar-refractivity contribution in [1.82, 2.24) is 24.9 Å². The van der Waals surface area contributed by atoms with E-state index in [1.54, 1.807) is 4.68 Å². The summed E-state index contributed by atoms with van der Waals surface area (Å²) in [6, 6.07) is 6.21. The number of nitrogens with zero attached hydrogens (tertiary/aromatic N) is 5. The first-order valence-corrected chi connectivity index (χ1v) is 9.86. The molecule has 1 fully saturated rings. The summed E-state index contributed by atoms with van der Waals surface area (Å²) in [5.41, 5.74) is 1.98. The Morgan fingerprint density at radius 3 is 2.76 bits per heavy atom. The van der Waals surface area contributed by atoms with Crippen LogP contribution in [0.2, 0.25) is 0 Å². The lowest BCUT2D eigenvalue weighted by Crippen LogP contribution is -2.44. The zero-order valence-corrected chi connectivity index (χ0v) is 15.9. The fourth-order valence-corrected chi connectivity index (χ4v) is 4.04. The molecular formula is C18H25N5OS. The molecule has 1 amide bonds. The number of carbonyl (C=O) groups excluding carboxylic acids is 1. The summed E-state index contributed by atoms with van der Waals surface area (Å²) in [7, 11) is 0. The Balaban J connectivity index is 1.60. The molecule has 3 rings (SSSR count). The van der Waals surface area contributed by atoms with Crippen LogP contribution in [0.5, 0.6) is 0 Å². The van der Waals surface area contributed by atoms with E-state index in [1.165, 1.54) is 18.2 Å². The van der Waals surface area contributed by atoms with E-state index in [0.717, 1.165) is 42.2 Å². The Labute approximate surface area is 153 Å². The van der Waals surface area contributed by atoms with Gasteiger partial charge >= 0.3 is 0 Å². The summed E-state index contributed by atoms with van der Waals surface area (Å²) < 4.78 is 1.78. The lowest BCUT2D eigenvalue weighted by atomic mass is 10.0. The molecule has 134 valence electrons. The van der Waals surface area contributed by atoms with Gasteiger partial charge in [0.25, 0.3) is 0 Å². The number of hydrogen-bond acceptors (Lipinski definition) is 5. The van der Waals surface area contributed by atoms with Crippen LogP contribution in [0, 0.1) is 13.8 Å². The van der Waals surface area contributed by atoms with Gasteiger partial charge in [-0.05, 0) is 57.7 Å². The third-order valence-electron chi connectivity index (χ3n) is 4.61. The molecule has 0 unspecified atom stereocenters. The van der Waals surface area contributed by atoms with Crippen molar-refractivity contribution in [2.24, 2.45) is 0 Å². The smallest absolute Gasteiger partial charge is 0.233 e. The molecule has 1 aliphatic heterocycles.